The van der Waals surface area contributed by atoms with E-state index in [4.69, 9.17) is 5.11 Å². The second kappa shape index (κ2) is 6.01. The number of benzene rings is 1. The fourth-order valence-corrected chi connectivity index (χ4v) is 3.15. The molecule has 5 heteroatoms. The van der Waals surface area contributed by atoms with Crippen LogP contribution in [-0.4, -0.2) is 28.6 Å². The summed E-state index contributed by atoms with van der Waals surface area (Å²) in [5, 5.41) is 8.94. The highest BCUT2D eigenvalue weighted by atomic mass is 79.9. The number of halogens is 2. The molecule has 1 aliphatic rings. The second-order valence-corrected chi connectivity index (χ2v) is 5.84. The van der Waals surface area contributed by atoms with E-state index in [1.165, 1.54) is 6.07 Å². The van der Waals surface area contributed by atoms with Gasteiger partial charge < -0.3 is 5.11 Å². The zero-order valence-corrected chi connectivity index (χ0v) is 12.4. The Bertz CT molecular complexity index is 481. The van der Waals surface area contributed by atoms with Gasteiger partial charge in [-0.2, -0.15) is 0 Å². The lowest BCUT2D eigenvalue weighted by molar-refractivity contribution is -0.138. The summed E-state index contributed by atoms with van der Waals surface area (Å²) in [6.45, 7) is 2.94. The molecule has 0 bridgehead atoms. The molecule has 2 unspecified atom stereocenters. The molecule has 1 N–H and O–H groups in total. The summed E-state index contributed by atoms with van der Waals surface area (Å²) in [4.78, 5) is 13.1. The monoisotopic (exact) mass is 329 g/mol. The number of carboxylic acids is 1. The molecule has 1 aromatic rings. The Labute approximate surface area is 120 Å². The van der Waals surface area contributed by atoms with Crippen molar-refractivity contribution in [3.63, 3.8) is 0 Å². The first-order valence-electron chi connectivity index (χ1n) is 6.41. The molecule has 0 radical (unpaired) electrons. The average Bonchev–Trinajstić information content (AvgIpc) is 2.79. The van der Waals surface area contributed by atoms with E-state index in [0.717, 1.165) is 24.9 Å². The molecule has 0 aromatic heterocycles. The fourth-order valence-electron chi connectivity index (χ4n) is 2.75. The largest absolute Gasteiger partial charge is 0.481 e. The van der Waals surface area contributed by atoms with E-state index >= 15 is 0 Å². The van der Waals surface area contributed by atoms with Gasteiger partial charge in [0.25, 0.3) is 0 Å². The van der Waals surface area contributed by atoms with Crippen LogP contribution < -0.4 is 0 Å². The van der Waals surface area contributed by atoms with Gasteiger partial charge in [-0.3, -0.25) is 9.69 Å². The van der Waals surface area contributed by atoms with Crippen molar-refractivity contribution in [2.75, 3.05) is 6.54 Å². The number of hydrogen-bond acceptors (Lipinski definition) is 2. The van der Waals surface area contributed by atoms with E-state index in [0.29, 0.717) is 4.47 Å². The molecule has 0 spiro atoms. The maximum atomic E-state index is 13.2. The summed E-state index contributed by atoms with van der Waals surface area (Å²) in [7, 11) is 0. The van der Waals surface area contributed by atoms with Crippen LogP contribution in [0, 0.1) is 5.82 Å². The summed E-state index contributed by atoms with van der Waals surface area (Å²) in [5.74, 6) is -1.04. The Hall–Kier alpha value is -0.940. The first-order chi connectivity index (χ1) is 8.99. The van der Waals surface area contributed by atoms with E-state index in [1.54, 1.807) is 12.1 Å². The Morgan fingerprint density at radius 3 is 3.00 bits per heavy atom. The van der Waals surface area contributed by atoms with Crippen LogP contribution in [0.15, 0.2) is 22.7 Å². The highest BCUT2D eigenvalue weighted by molar-refractivity contribution is 9.10. The van der Waals surface area contributed by atoms with Crippen molar-refractivity contribution in [1.29, 1.82) is 0 Å². The lowest BCUT2D eigenvalue weighted by atomic mass is 10.0. The van der Waals surface area contributed by atoms with Gasteiger partial charge in [-0.15, -0.1) is 0 Å². The highest BCUT2D eigenvalue weighted by Gasteiger charge is 2.30. The van der Waals surface area contributed by atoms with Crippen molar-refractivity contribution in [3.05, 3.63) is 34.1 Å². The van der Waals surface area contributed by atoms with E-state index in [2.05, 4.69) is 20.8 Å². The van der Waals surface area contributed by atoms with E-state index in [9.17, 15) is 9.18 Å². The molecule has 0 saturated carbocycles. The van der Waals surface area contributed by atoms with Gasteiger partial charge >= 0.3 is 5.97 Å². The van der Waals surface area contributed by atoms with Gasteiger partial charge in [0.05, 0.1) is 10.9 Å². The number of nitrogens with zero attached hydrogens (tertiary/aromatic N) is 1. The van der Waals surface area contributed by atoms with Gasteiger partial charge in [0.15, 0.2) is 0 Å². The van der Waals surface area contributed by atoms with Gasteiger partial charge in [0, 0.05) is 12.1 Å². The summed E-state index contributed by atoms with van der Waals surface area (Å²) < 4.78 is 13.7. The molecular weight excluding hydrogens is 313 g/mol. The molecule has 1 fully saturated rings. The third-order valence-electron chi connectivity index (χ3n) is 3.76. The lowest BCUT2D eigenvalue weighted by Crippen LogP contribution is -2.33. The number of aliphatic carboxylic acids is 1. The number of likely N-dealkylation sites (tertiary alicyclic amines) is 1. The van der Waals surface area contributed by atoms with Gasteiger partial charge in [-0.25, -0.2) is 4.39 Å². The SMILES string of the molecule is CC(c1ccc(F)c(Br)c1)N1CCCC1CC(=O)O. The molecular formula is C14H17BrFNO2. The summed E-state index contributed by atoms with van der Waals surface area (Å²) in [5.41, 5.74) is 1.01. The number of carbonyl (C=O) groups is 1. The molecule has 2 atom stereocenters. The lowest BCUT2D eigenvalue weighted by Gasteiger charge is -2.30. The second-order valence-electron chi connectivity index (χ2n) is 4.98. The molecule has 0 amide bonds. The third-order valence-corrected chi connectivity index (χ3v) is 4.36. The molecule has 0 aliphatic carbocycles. The predicted octanol–water partition coefficient (Wildman–Crippen LogP) is 3.59. The van der Waals surface area contributed by atoms with Crippen LogP contribution in [0.25, 0.3) is 0 Å². The van der Waals surface area contributed by atoms with Crippen molar-refractivity contribution < 1.29 is 14.3 Å². The summed E-state index contributed by atoms with van der Waals surface area (Å²) >= 11 is 3.19. The Balaban J connectivity index is 2.15. The van der Waals surface area contributed by atoms with E-state index in [-0.39, 0.29) is 24.3 Å². The highest BCUT2D eigenvalue weighted by Crippen LogP contribution is 2.32. The van der Waals surface area contributed by atoms with Crippen molar-refractivity contribution >= 4 is 21.9 Å². The standard InChI is InChI=1S/C14H17BrFNO2/c1-9(10-4-5-13(16)12(15)7-10)17-6-2-3-11(17)8-14(18)19/h4-5,7,9,11H,2-3,6,8H2,1H3,(H,18,19). The number of carboxylic acid groups (broad SMARTS) is 1. The fraction of sp³-hybridized carbons (Fsp3) is 0.500. The minimum Gasteiger partial charge on any atom is -0.481 e. The zero-order chi connectivity index (χ0) is 14.0. The van der Waals surface area contributed by atoms with Crippen molar-refractivity contribution in [2.45, 2.75) is 38.3 Å². The molecule has 104 valence electrons. The number of hydrogen-bond donors (Lipinski definition) is 1. The Morgan fingerprint density at radius 2 is 2.37 bits per heavy atom. The number of rotatable bonds is 4. The van der Waals surface area contributed by atoms with Crippen LogP contribution in [0.5, 0.6) is 0 Å². The predicted molar refractivity (Wildman–Crippen MR) is 74.5 cm³/mol. The normalized spacial score (nSPS) is 21.5. The van der Waals surface area contributed by atoms with Crippen LogP contribution in [0.3, 0.4) is 0 Å². The first kappa shape index (κ1) is 14.5. The van der Waals surface area contributed by atoms with Crippen LogP contribution in [0.4, 0.5) is 4.39 Å². The van der Waals surface area contributed by atoms with Crippen molar-refractivity contribution in [1.82, 2.24) is 4.90 Å². The molecule has 1 aromatic carbocycles. The van der Waals surface area contributed by atoms with E-state index in [1.807, 2.05) is 6.92 Å². The molecule has 1 aliphatic heterocycles. The summed E-state index contributed by atoms with van der Waals surface area (Å²) in [6, 6.07) is 5.16. The maximum Gasteiger partial charge on any atom is 0.304 e. The quantitative estimate of drug-likeness (QED) is 0.917. The van der Waals surface area contributed by atoms with Crippen LogP contribution in [0.1, 0.15) is 37.8 Å². The van der Waals surface area contributed by atoms with Crippen molar-refractivity contribution in [3.8, 4) is 0 Å². The minimum atomic E-state index is -0.760. The Morgan fingerprint density at radius 1 is 1.63 bits per heavy atom. The van der Waals surface area contributed by atoms with Gasteiger partial charge in [-0.05, 0) is 59.9 Å². The minimum absolute atomic E-state index is 0.0799. The molecule has 3 nitrogen and oxygen atoms in total. The van der Waals surface area contributed by atoms with Gasteiger partial charge in [0.1, 0.15) is 5.82 Å². The maximum absolute atomic E-state index is 13.2. The van der Waals surface area contributed by atoms with Crippen molar-refractivity contribution in [2.24, 2.45) is 0 Å². The molecule has 1 heterocycles. The van der Waals surface area contributed by atoms with Gasteiger partial charge in [0.2, 0.25) is 0 Å². The first-order valence-corrected chi connectivity index (χ1v) is 7.21. The Kier molecular flexibility index (Phi) is 4.58. The van der Waals surface area contributed by atoms with Gasteiger partial charge in [-0.1, -0.05) is 6.07 Å². The average molecular weight is 330 g/mol. The molecule has 1 saturated heterocycles. The smallest absolute Gasteiger partial charge is 0.304 e. The zero-order valence-electron chi connectivity index (χ0n) is 10.8. The van der Waals surface area contributed by atoms with E-state index < -0.39 is 5.97 Å². The topological polar surface area (TPSA) is 40.5 Å². The van der Waals surface area contributed by atoms with Crippen LogP contribution >= 0.6 is 15.9 Å². The summed E-state index contributed by atoms with van der Waals surface area (Å²) in [6.07, 6.45) is 2.11. The molecule has 2 rings (SSSR count). The van der Waals surface area contributed by atoms with Crippen LogP contribution in [-0.2, 0) is 4.79 Å². The van der Waals surface area contributed by atoms with Crippen LogP contribution in [0.2, 0.25) is 0 Å². The molecule has 19 heavy (non-hydrogen) atoms. The third kappa shape index (κ3) is 3.34.